The molecule has 0 aliphatic carbocycles. The molecule has 1 aliphatic heterocycles. The predicted molar refractivity (Wildman–Crippen MR) is 76.4 cm³/mol. The summed E-state index contributed by atoms with van der Waals surface area (Å²) in [7, 11) is 1.52. The van der Waals surface area contributed by atoms with Gasteiger partial charge in [-0.25, -0.2) is 0 Å². The van der Waals surface area contributed by atoms with E-state index in [1.165, 1.54) is 7.11 Å². The van der Waals surface area contributed by atoms with E-state index in [1.54, 1.807) is 4.90 Å². The molecule has 0 aromatic heterocycles. The molecule has 1 saturated heterocycles. The molecule has 0 saturated carbocycles. The number of likely N-dealkylation sites (tertiary alicyclic amines) is 1. The van der Waals surface area contributed by atoms with Gasteiger partial charge in [-0.1, -0.05) is 27.7 Å². The van der Waals surface area contributed by atoms with E-state index < -0.39 is 11.4 Å². The van der Waals surface area contributed by atoms with Gasteiger partial charge in [0.1, 0.15) is 0 Å². The van der Waals surface area contributed by atoms with Crippen LogP contribution in [0.1, 0.15) is 40.5 Å². The van der Waals surface area contributed by atoms with E-state index in [0.29, 0.717) is 25.9 Å². The van der Waals surface area contributed by atoms with Gasteiger partial charge in [-0.05, 0) is 18.3 Å². The fourth-order valence-electron chi connectivity index (χ4n) is 2.50. The maximum atomic E-state index is 12.4. The maximum absolute atomic E-state index is 12.4. The van der Waals surface area contributed by atoms with E-state index in [0.717, 1.165) is 0 Å². The van der Waals surface area contributed by atoms with Crippen LogP contribution in [0.15, 0.2) is 0 Å². The summed E-state index contributed by atoms with van der Waals surface area (Å²) in [5, 5.41) is 9.40. The molecule has 1 N–H and O–H groups in total. The number of ether oxygens (including phenoxy) is 1. The van der Waals surface area contributed by atoms with Gasteiger partial charge in [0, 0.05) is 26.1 Å². The molecule has 1 rings (SSSR count). The Bertz CT molecular complexity index is 365. The maximum Gasteiger partial charge on any atom is 0.312 e. The summed E-state index contributed by atoms with van der Waals surface area (Å²) in [5.74, 6) is -0.772. The zero-order valence-electron chi connectivity index (χ0n) is 13.2. The van der Waals surface area contributed by atoms with Gasteiger partial charge >= 0.3 is 5.97 Å². The zero-order valence-corrected chi connectivity index (χ0v) is 13.2. The van der Waals surface area contributed by atoms with Gasteiger partial charge < -0.3 is 14.7 Å². The van der Waals surface area contributed by atoms with Crippen LogP contribution in [0.5, 0.6) is 0 Å². The van der Waals surface area contributed by atoms with Crippen LogP contribution in [0, 0.1) is 16.7 Å². The number of rotatable bonds is 4. The Morgan fingerprint density at radius 2 is 1.80 bits per heavy atom. The van der Waals surface area contributed by atoms with Gasteiger partial charge in [-0.3, -0.25) is 9.59 Å². The molecule has 0 aromatic carbocycles. The molecule has 1 atom stereocenters. The highest BCUT2D eigenvalue weighted by molar-refractivity contribution is 5.80. The Labute approximate surface area is 121 Å². The Balaban J connectivity index is 2.70. The molecule has 1 aliphatic rings. The Morgan fingerprint density at radius 3 is 2.15 bits per heavy atom. The van der Waals surface area contributed by atoms with Crippen LogP contribution in [-0.2, 0) is 14.3 Å². The van der Waals surface area contributed by atoms with E-state index in [4.69, 9.17) is 4.74 Å². The molecule has 5 heteroatoms. The number of hydrogen-bond acceptors (Lipinski definition) is 3. The van der Waals surface area contributed by atoms with Crippen molar-refractivity contribution in [1.29, 1.82) is 0 Å². The third-order valence-corrected chi connectivity index (χ3v) is 4.58. The largest absolute Gasteiger partial charge is 0.481 e. The average Bonchev–Trinajstić information content (AvgIpc) is 2.37. The van der Waals surface area contributed by atoms with Crippen LogP contribution in [-0.4, -0.2) is 48.7 Å². The molecule has 1 amide bonds. The average molecular weight is 285 g/mol. The highest BCUT2D eigenvalue weighted by Crippen LogP contribution is 2.34. The SMILES string of the molecule is COCC1(C(=O)O)CCN(C(=O)C(C)C(C)(C)C)CC1. The van der Waals surface area contributed by atoms with Crippen molar-refractivity contribution in [3.8, 4) is 0 Å². The molecule has 0 radical (unpaired) electrons. The van der Waals surface area contributed by atoms with E-state index >= 15 is 0 Å². The molecule has 20 heavy (non-hydrogen) atoms. The third-order valence-electron chi connectivity index (χ3n) is 4.58. The van der Waals surface area contributed by atoms with Crippen LogP contribution in [0.25, 0.3) is 0 Å². The number of carboxylic acid groups (broad SMARTS) is 1. The van der Waals surface area contributed by atoms with Crippen LogP contribution in [0.3, 0.4) is 0 Å². The molecule has 1 heterocycles. The van der Waals surface area contributed by atoms with Crippen molar-refractivity contribution < 1.29 is 19.4 Å². The highest BCUT2D eigenvalue weighted by atomic mass is 16.5. The summed E-state index contributed by atoms with van der Waals surface area (Å²) in [4.78, 5) is 25.7. The lowest BCUT2D eigenvalue weighted by Gasteiger charge is -2.40. The first kappa shape index (κ1) is 17.0. The molecule has 0 aromatic rings. The quantitative estimate of drug-likeness (QED) is 0.858. The van der Waals surface area contributed by atoms with Crippen molar-refractivity contribution in [2.75, 3.05) is 26.8 Å². The molecule has 116 valence electrons. The molecule has 0 bridgehead atoms. The van der Waals surface area contributed by atoms with Gasteiger partial charge in [0.05, 0.1) is 12.0 Å². The Morgan fingerprint density at radius 1 is 1.30 bits per heavy atom. The first-order valence-electron chi connectivity index (χ1n) is 7.15. The van der Waals surface area contributed by atoms with Crippen LogP contribution >= 0.6 is 0 Å². The lowest BCUT2D eigenvalue weighted by Crippen LogP contribution is -2.50. The smallest absolute Gasteiger partial charge is 0.312 e. The van der Waals surface area contributed by atoms with Crippen molar-refractivity contribution in [1.82, 2.24) is 4.90 Å². The second-order valence-electron chi connectivity index (χ2n) is 6.93. The Hall–Kier alpha value is -1.10. The lowest BCUT2D eigenvalue weighted by molar-refractivity contribution is -0.159. The van der Waals surface area contributed by atoms with Gasteiger partial charge in [-0.15, -0.1) is 0 Å². The minimum atomic E-state index is -0.837. The topological polar surface area (TPSA) is 66.8 Å². The number of carbonyl (C=O) groups excluding carboxylic acids is 1. The summed E-state index contributed by atoms with van der Waals surface area (Å²) in [6.07, 6.45) is 0.914. The number of piperidine rings is 1. The monoisotopic (exact) mass is 285 g/mol. The van der Waals surface area contributed by atoms with Crippen LogP contribution < -0.4 is 0 Å². The predicted octanol–water partition coefficient (Wildman–Crippen LogP) is 2.01. The lowest BCUT2D eigenvalue weighted by atomic mass is 9.77. The summed E-state index contributed by atoms with van der Waals surface area (Å²) < 4.78 is 5.06. The number of hydrogen-bond donors (Lipinski definition) is 1. The Kier molecular flexibility index (Phi) is 5.19. The summed E-state index contributed by atoms with van der Waals surface area (Å²) >= 11 is 0. The molecule has 1 unspecified atom stereocenters. The highest BCUT2D eigenvalue weighted by Gasteiger charge is 2.43. The number of carboxylic acids is 1. The normalized spacial score (nSPS) is 20.6. The number of aliphatic carboxylic acids is 1. The van der Waals surface area contributed by atoms with Crippen molar-refractivity contribution >= 4 is 11.9 Å². The minimum absolute atomic E-state index is 0.0674. The van der Waals surface area contributed by atoms with E-state index in [1.807, 2.05) is 27.7 Å². The zero-order chi connectivity index (χ0) is 15.6. The molecule has 0 spiro atoms. The van der Waals surface area contributed by atoms with Gasteiger partial charge in [0.25, 0.3) is 0 Å². The summed E-state index contributed by atoms with van der Waals surface area (Å²) in [5.41, 5.74) is -0.915. The van der Waals surface area contributed by atoms with Gasteiger partial charge in [0.2, 0.25) is 5.91 Å². The van der Waals surface area contributed by atoms with Crippen molar-refractivity contribution in [2.24, 2.45) is 16.7 Å². The second kappa shape index (κ2) is 6.12. The number of carbonyl (C=O) groups is 2. The van der Waals surface area contributed by atoms with Crippen molar-refractivity contribution in [3.63, 3.8) is 0 Å². The van der Waals surface area contributed by atoms with Crippen molar-refractivity contribution in [2.45, 2.75) is 40.5 Å². The number of methoxy groups -OCH3 is 1. The fraction of sp³-hybridized carbons (Fsp3) is 0.867. The molecule has 1 fully saturated rings. The summed E-state index contributed by atoms with van der Waals surface area (Å²) in [6.45, 7) is 9.28. The second-order valence-corrected chi connectivity index (χ2v) is 6.93. The van der Waals surface area contributed by atoms with Gasteiger partial charge in [0.15, 0.2) is 0 Å². The van der Waals surface area contributed by atoms with E-state index in [2.05, 4.69) is 0 Å². The number of nitrogens with zero attached hydrogens (tertiary/aromatic N) is 1. The van der Waals surface area contributed by atoms with Crippen LogP contribution in [0.2, 0.25) is 0 Å². The standard InChI is InChI=1S/C15H27NO4/c1-11(14(2,3)4)12(17)16-8-6-15(7-9-16,10-20-5)13(18)19/h11H,6-10H2,1-5H3,(H,18,19). The summed E-state index contributed by atoms with van der Waals surface area (Å²) in [6, 6.07) is 0. The van der Waals surface area contributed by atoms with Gasteiger partial charge in [-0.2, -0.15) is 0 Å². The molecule has 5 nitrogen and oxygen atoms in total. The molecular weight excluding hydrogens is 258 g/mol. The number of amides is 1. The fourth-order valence-corrected chi connectivity index (χ4v) is 2.50. The first-order valence-corrected chi connectivity index (χ1v) is 7.15. The van der Waals surface area contributed by atoms with E-state index in [9.17, 15) is 14.7 Å². The third kappa shape index (κ3) is 3.51. The molecular formula is C15H27NO4. The van der Waals surface area contributed by atoms with Crippen LogP contribution in [0.4, 0.5) is 0 Å². The minimum Gasteiger partial charge on any atom is -0.481 e. The first-order chi connectivity index (χ1) is 9.14. The van der Waals surface area contributed by atoms with Crippen molar-refractivity contribution in [3.05, 3.63) is 0 Å². The van der Waals surface area contributed by atoms with E-state index in [-0.39, 0.29) is 23.8 Å².